The fourth-order valence-corrected chi connectivity index (χ4v) is 3.00. The van der Waals surface area contributed by atoms with Crippen molar-refractivity contribution in [2.24, 2.45) is 0 Å². The maximum atomic E-state index is 12.2. The SMILES string of the molecule is CN1CC[C@H](NC(=O)c2ccn[nH]2)[C@@H]1c1ccc(Cl)cc1. The molecule has 1 aromatic heterocycles. The van der Waals surface area contributed by atoms with Crippen LogP contribution in [0.2, 0.25) is 5.02 Å². The molecule has 6 heteroatoms. The number of nitrogens with one attached hydrogen (secondary N) is 2. The van der Waals surface area contributed by atoms with Crippen molar-refractivity contribution in [3.63, 3.8) is 0 Å². The Kier molecular flexibility index (Phi) is 3.94. The number of halogens is 1. The zero-order valence-corrected chi connectivity index (χ0v) is 12.5. The molecule has 2 N–H and O–H groups in total. The molecule has 2 heterocycles. The van der Waals surface area contributed by atoms with Gasteiger partial charge in [-0.3, -0.25) is 14.8 Å². The number of rotatable bonds is 3. The number of nitrogens with zero attached hydrogens (tertiary/aromatic N) is 2. The molecule has 21 heavy (non-hydrogen) atoms. The van der Waals surface area contributed by atoms with E-state index in [1.54, 1.807) is 12.3 Å². The summed E-state index contributed by atoms with van der Waals surface area (Å²) >= 11 is 5.95. The summed E-state index contributed by atoms with van der Waals surface area (Å²) in [6.45, 7) is 0.946. The van der Waals surface area contributed by atoms with Gasteiger partial charge in [-0.1, -0.05) is 23.7 Å². The summed E-state index contributed by atoms with van der Waals surface area (Å²) in [7, 11) is 2.07. The van der Waals surface area contributed by atoms with Crippen LogP contribution in [0.15, 0.2) is 36.5 Å². The monoisotopic (exact) mass is 304 g/mol. The van der Waals surface area contributed by atoms with E-state index in [0.29, 0.717) is 5.69 Å². The van der Waals surface area contributed by atoms with E-state index in [2.05, 4.69) is 27.5 Å². The Morgan fingerprint density at radius 3 is 2.81 bits per heavy atom. The lowest BCUT2D eigenvalue weighted by Crippen LogP contribution is -2.39. The fraction of sp³-hybridized carbons (Fsp3) is 0.333. The number of H-pyrrole nitrogens is 1. The summed E-state index contributed by atoms with van der Waals surface area (Å²) in [5.74, 6) is -0.119. The van der Waals surface area contributed by atoms with Crippen molar-refractivity contribution in [1.29, 1.82) is 0 Å². The van der Waals surface area contributed by atoms with Crippen LogP contribution in [0.5, 0.6) is 0 Å². The molecule has 0 saturated carbocycles. The number of aromatic amines is 1. The minimum absolute atomic E-state index is 0.0759. The normalized spacial score (nSPS) is 22.4. The number of amides is 1. The summed E-state index contributed by atoms with van der Waals surface area (Å²) in [6, 6.07) is 9.72. The standard InChI is InChI=1S/C15H17ClN4O/c1-20-9-7-12(18-15(21)13-6-8-17-19-13)14(20)10-2-4-11(16)5-3-10/h2-6,8,12,14H,7,9H2,1H3,(H,17,19)(H,18,21)/t12-,14-/m0/s1. The minimum Gasteiger partial charge on any atom is -0.346 e. The number of hydrogen-bond donors (Lipinski definition) is 2. The van der Waals surface area contributed by atoms with Crippen molar-refractivity contribution in [1.82, 2.24) is 20.4 Å². The predicted octanol–water partition coefficient (Wildman–Crippen LogP) is 2.24. The van der Waals surface area contributed by atoms with Crippen molar-refractivity contribution < 1.29 is 4.79 Å². The van der Waals surface area contributed by atoms with Gasteiger partial charge < -0.3 is 5.32 Å². The molecule has 5 nitrogen and oxygen atoms in total. The second-order valence-electron chi connectivity index (χ2n) is 5.32. The average molecular weight is 305 g/mol. The van der Waals surface area contributed by atoms with Gasteiger partial charge in [0.2, 0.25) is 0 Å². The molecule has 1 aromatic carbocycles. The molecule has 1 aliphatic heterocycles. The summed E-state index contributed by atoms with van der Waals surface area (Å²) in [5, 5.41) is 10.3. The second-order valence-corrected chi connectivity index (χ2v) is 5.75. The van der Waals surface area contributed by atoms with E-state index in [4.69, 9.17) is 11.6 Å². The minimum atomic E-state index is -0.119. The van der Waals surface area contributed by atoms with Gasteiger partial charge in [0.25, 0.3) is 5.91 Å². The third-order valence-electron chi connectivity index (χ3n) is 3.92. The van der Waals surface area contributed by atoms with E-state index in [1.165, 1.54) is 0 Å². The van der Waals surface area contributed by atoms with Crippen LogP contribution in [-0.4, -0.2) is 40.6 Å². The number of aromatic nitrogens is 2. The summed E-state index contributed by atoms with van der Waals surface area (Å²) in [5.41, 5.74) is 1.65. The smallest absolute Gasteiger partial charge is 0.269 e. The van der Waals surface area contributed by atoms with Gasteiger partial charge in [-0.05, 0) is 37.2 Å². The molecule has 0 aliphatic carbocycles. The molecule has 110 valence electrons. The Bertz CT molecular complexity index is 611. The molecule has 2 aromatic rings. The van der Waals surface area contributed by atoms with Crippen molar-refractivity contribution in [3.05, 3.63) is 52.8 Å². The van der Waals surface area contributed by atoms with Gasteiger partial charge in [-0.25, -0.2) is 0 Å². The van der Waals surface area contributed by atoms with Crippen molar-refractivity contribution >= 4 is 17.5 Å². The number of hydrogen-bond acceptors (Lipinski definition) is 3. The van der Waals surface area contributed by atoms with E-state index in [0.717, 1.165) is 23.6 Å². The van der Waals surface area contributed by atoms with Crippen molar-refractivity contribution in [3.8, 4) is 0 Å². The van der Waals surface area contributed by atoms with Crippen LogP contribution < -0.4 is 5.32 Å². The maximum Gasteiger partial charge on any atom is 0.269 e. The van der Waals surface area contributed by atoms with E-state index in [1.807, 2.05) is 24.3 Å². The van der Waals surface area contributed by atoms with Crippen LogP contribution in [0.25, 0.3) is 0 Å². The van der Waals surface area contributed by atoms with Gasteiger partial charge in [-0.2, -0.15) is 5.10 Å². The fourth-order valence-electron chi connectivity index (χ4n) is 2.87. The van der Waals surface area contributed by atoms with Gasteiger partial charge in [0, 0.05) is 17.8 Å². The number of benzene rings is 1. The molecule has 1 saturated heterocycles. The highest BCUT2D eigenvalue weighted by Crippen LogP contribution is 2.31. The molecule has 0 unspecified atom stereocenters. The molecular weight excluding hydrogens is 288 g/mol. The van der Waals surface area contributed by atoms with Crippen LogP contribution in [-0.2, 0) is 0 Å². The van der Waals surface area contributed by atoms with Crippen molar-refractivity contribution in [2.45, 2.75) is 18.5 Å². The van der Waals surface area contributed by atoms with E-state index >= 15 is 0 Å². The average Bonchev–Trinajstić information content (AvgIpc) is 3.11. The maximum absolute atomic E-state index is 12.2. The summed E-state index contributed by atoms with van der Waals surface area (Å²) < 4.78 is 0. The lowest BCUT2D eigenvalue weighted by Gasteiger charge is -2.26. The molecule has 3 rings (SSSR count). The molecular formula is C15H17ClN4O. The van der Waals surface area contributed by atoms with E-state index < -0.39 is 0 Å². The zero-order chi connectivity index (χ0) is 14.8. The Balaban J connectivity index is 1.78. The lowest BCUT2D eigenvalue weighted by molar-refractivity contribution is 0.0922. The van der Waals surface area contributed by atoms with Gasteiger partial charge >= 0.3 is 0 Å². The first-order valence-electron chi connectivity index (χ1n) is 6.91. The van der Waals surface area contributed by atoms with Crippen LogP contribution >= 0.6 is 11.6 Å². The number of likely N-dealkylation sites (tertiary alicyclic amines) is 1. The lowest BCUT2D eigenvalue weighted by atomic mass is 10.00. The number of likely N-dealkylation sites (N-methyl/N-ethyl adjacent to an activating group) is 1. The zero-order valence-electron chi connectivity index (χ0n) is 11.7. The molecule has 0 bridgehead atoms. The van der Waals surface area contributed by atoms with Gasteiger partial charge in [0.1, 0.15) is 5.69 Å². The summed E-state index contributed by atoms with van der Waals surface area (Å²) in [4.78, 5) is 14.4. The Hall–Kier alpha value is -1.85. The highest BCUT2D eigenvalue weighted by Gasteiger charge is 2.34. The quantitative estimate of drug-likeness (QED) is 0.914. The van der Waals surface area contributed by atoms with Gasteiger partial charge in [-0.15, -0.1) is 0 Å². The Morgan fingerprint density at radius 1 is 1.38 bits per heavy atom. The second kappa shape index (κ2) is 5.87. The topological polar surface area (TPSA) is 61.0 Å². The first-order chi connectivity index (χ1) is 10.1. The summed E-state index contributed by atoms with van der Waals surface area (Å²) in [6.07, 6.45) is 2.50. The predicted molar refractivity (Wildman–Crippen MR) is 81.3 cm³/mol. The van der Waals surface area contributed by atoms with Crippen LogP contribution in [0.4, 0.5) is 0 Å². The van der Waals surface area contributed by atoms with Gasteiger partial charge in [0.05, 0.1) is 12.1 Å². The van der Waals surface area contributed by atoms with Gasteiger partial charge in [0.15, 0.2) is 0 Å². The first kappa shape index (κ1) is 14.1. The Morgan fingerprint density at radius 2 is 2.14 bits per heavy atom. The highest BCUT2D eigenvalue weighted by atomic mass is 35.5. The third-order valence-corrected chi connectivity index (χ3v) is 4.17. The van der Waals surface area contributed by atoms with Crippen LogP contribution in [0.3, 0.4) is 0 Å². The van der Waals surface area contributed by atoms with Crippen molar-refractivity contribution in [2.75, 3.05) is 13.6 Å². The molecule has 0 spiro atoms. The third kappa shape index (κ3) is 2.94. The largest absolute Gasteiger partial charge is 0.346 e. The molecule has 2 atom stereocenters. The van der Waals surface area contributed by atoms with Crippen LogP contribution in [0.1, 0.15) is 28.5 Å². The van der Waals surface area contributed by atoms with Crippen LogP contribution in [0, 0.1) is 0 Å². The van der Waals surface area contributed by atoms with E-state index in [9.17, 15) is 4.79 Å². The molecule has 1 fully saturated rings. The first-order valence-corrected chi connectivity index (χ1v) is 7.29. The number of carbonyl (C=O) groups is 1. The Labute approximate surface area is 128 Å². The number of carbonyl (C=O) groups excluding carboxylic acids is 1. The molecule has 1 aliphatic rings. The highest BCUT2D eigenvalue weighted by molar-refractivity contribution is 6.30. The molecule has 1 amide bonds. The molecule has 0 radical (unpaired) electrons. The van der Waals surface area contributed by atoms with E-state index in [-0.39, 0.29) is 18.0 Å².